The van der Waals surface area contributed by atoms with Crippen LogP contribution >= 0.6 is 11.6 Å². The maximum absolute atomic E-state index is 6.41. The first-order valence-corrected chi connectivity index (χ1v) is 10.3. The lowest BCUT2D eigenvalue weighted by Gasteiger charge is -2.23. The largest absolute Gasteiger partial charge is 0.489 e. The normalized spacial score (nSPS) is 31.8. The summed E-state index contributed by atoms with van der Waals surface area (Å²) < 4.78 is 17.6. The summed E-state index contributed by atoms with van der Waals surface area (Å²) in [5.41, 5.74) is 1.06. The first-order chi connectivity index (χ1) is 13.2. The molecule has 4 atom stereocenters. The number of hydrogen-bond acceptors (Lipinski definition) is 4. The molecule has 0 aliphatic carbocycles. The van der Waals surface area contributed by atoms with Gasteiger partial charge in [0.15, 0.2) is 17.5 Å². The molecule has 5 rings (SSSR count). The first kappa shape index (κ1) is 17.4. The summed E-state index contributed by atoms with van der Waals surface area (Å²) in [6.45, 7) is 4.02. The molecule has 3 saturated heterocycles. The number of aliphatic imine (C=N–C) groups is 1. The van der Waals surface area contributed by atoms with Gasteiger partial charge in [0.2, 0.25) is 0 Å². The first-order valence-electron chi connectivity index (χ1n) is 9.92. The molecule has 1 N–H and O–H groups in total. The van der Waals surface area contributed by atoms with E-state index in [9.17, 15) is 0 Å². The summed E-state index contributed by atoms with van der Waals surface area (Å²) in [4.78, 5) is 6.89. The van der Waals surface area contributed by atoms with E-state index >= 15 is 0 Å². The Morgan fingerprint density at radius 3 is 2.67 bits per heavy atom. The highest BCUT2D eigenvalue weighted by Gasteiger charge is 2.53. The molecular weight excluding hydrogens is 366 g/mol. The summed E-state index contributed by atoms with van der Waals surface area (Å²) in [6.07, 6.45) is 4.24. The van der Waals surface area contributed by atoms with Gasteiger partial charge in [0, 0.05) is 44.9 Å². The van der Waals surface area contributed by atoms with Crippen LogP contribution in [0.15, 0.2) is 17.1 Å². The van der Waals surface area contributed by atoms with Crippen molar-refractivity contribution in [3.8, 4) is 11.5 Å². The van der Waals surface area contributed by atoms with Gasteiger partial charge < -0.3 is 24.4 Å². The molecular formula is C20H26ClN3O3. The zero-order valence-corrected chi connectivity index (χ0v) is 16.4. The number of halogens is 1. The van der Waals surface area contributed by atoms with E-state index in [1.54, 1.807) is 0 Å². The second-order valence-corrected chi connectivity index (χ2v) is 8.29. The third-order valence-electron chi connectivity index (χ3n) is 6.28. The number of ether oxygens (including phenoxy) is 3. The number of likely N-dealkylation sites (tertiary alicyclic amines) is 1. The Balaban J connectivity index is 1.25. The molecule has 1 aromatic carbocycles. The van der Waals surface area contributed by atoms with E-state index in [-0.39, 0.29) is 0 Å². The van der Waals surface area contributed by atoms with E-state index < -0.39 is 0 Å². The number of nitrogens with one attached hydrogen (secondary N) is 1. The molecule has 4 aliphatic heterocycles. The van der Waals surface area contributed by atoms with Crippen molar-refractivity contribution in [3.63, 3.8) is 0 Å². The van der Waals surface area contributed by atoms with Gasteiger partial charge in [0.25, 0.3) is 0 Å². The summed E-state index contributed by atoms with van der Waals surface area (Å²) in [6, 6.07) is 3.96. The second-order valence-electron chi connectivity index (χ2n) is 7.88. The third kappa shape index (κ3) is 3.13. The Labute approximate surface area is 164 Å². The van der Waals surface area contributed by atoms with E-state index in [0.29, 0.717) is 54.6 Å². The Hall–Kier alpha value is -1.66. The van der Waals surface area contributed by atoms with Crippen LogP contribution in [0.1, 0.15) is 24.8 Å². The fraction of sp³-hybridized carbons (Fsp3) is 0.650. The molecule has 0 spiro atoms. The summed E-state index contributed by atoms with van der Waals surface area (Å²) in [5, 5.41) is 4.10. The molecule has 4 unspecified atom stereocenters. The summed E-state index contributed by atoms with van der Waals surface area (Å²) >= 11 is 6.41. The maximum atomic E-state index is 6.41. The molecule has 1 aromatic rings. The van der Waals surface area contributed by atoms with Crippen molar-refractivity contribution in [2.45, 2.75) is 38.0 Å². The van der Waals surface area contributed by atoms with Crippen LogP contribution in [-0.2, 0) is 11.3 Å². The quantitative estimate of drug-likeness (QED) is 0.620. The Kier molecular flexibility index (Phi) is 4.56. The third-order valence-corrected chi connectivity index (χ3v) is 6.56. The van der Waals surface area contributed by atoms with Gasteiger partial charge in [-0.25, -0.2) is 0 Å². The molecule has 0 radical (unpaired) electrons. The Morgan fingerprint density at radius 1 is 1.19 bits per heavy atom. The molecule has 4 aliphatic rings. The molecule has 27 heavy (non-hydrogen) atoms. The van der Waals surface area contributed by atoms with Gasteiger partial charge in [-0.1, -0.05) is 11.6 Å². The highest BCUT2D eigenvalue weighted by Crippen LogP contribution is 2.47. The molecule has 7 heteroatoms. The van der Waals surface area contributed by atoms with Crippen LogP contribution < -0.4 is 14.8 Å². The van der Waals surface area contributed by atoms with E-state index in [1.165, 1.54) is 12.8 Å². The minimum Gasteiger partial charge on any atom is -0.489 e. The van der Waals surface area contributed by atoms with Crippen molar-refractivity contribution in [1.82, 2.24) is 10.2 Å². The Morgan fingerprint density at radius 2 is 1.93 bits per heavy atom. The lowest BCUT2D eigenvalue weighted by Crippen LogP contribution is -2.41. The van der Waals surface area contributed by atoms with Gasteiger partial charge in [0.05, 0.1) is 30.4 Å². The number of rotatable bonds is 2. The lowest BCUT2D eigenvalue weighted by atomic mass is 9.82. The van der Waals surface area contributed by atoms with Crippen molar-refractivity contribution in [1.29, 1.82) is 0 Å². The molecule has 0 aromatic heterocycles. The molecule has 4 heterocycles. The van der Waals surface area contributed by atoms with E-state index in [1.807, 2.05) is 19.2 Å². The highest BCUT2D eigenvalue weighted by molar-refractivity contribution is 6.32. The SMILES string of the molecule is CN=C(NCc1cc(Cl)c2c(c1)OCCCO2)N1CC2C3CCC(O3)C2C1. The van der Waals surface area contributed by atoms with Gasteiger partial charge in [-0.05, 0) is 30.5 Å². The standard InChI is InChI=1S/C20H26ClN3O3/c1-22-20(24-10-13-14(11-24)17-4-3-16(13)27-17)23-9-12-7-15(21)19-18(8-12)25-5-2-6-26-19/h7-8,13-14,16-17H,2-6,9-11H2,1H3,(H,22,23). The van der Waals surface area contributed by atoms with Crippen LogP contribution in [0.25, 0.3) is 0 Å². The van der Waals surface area contributed by atoms with Crippen molar-refractivity contribution in [3.05, 3.63) is 22.7 Å². The summed E-state index contributed by atoms with van der Waals surface area (Å²) in [7, 11) is 1.85. The van der Waals surface area contributed by atoms with Gasteiger partial charge in [-0.2, -0.15) is 0 Å². The average Bonchev–Trinajstić information content (AvgIpc) is 3.32. The lowest BCUT2D eigenvalue weighted by molar-refractivity contribution is 0.0767. The minimum atomic E-state index is 0.462. The number of hydrogen-bond donors (Lipinski definition) is 1. The Bertz CT molecular complexity index is 738. The van der Waals surface area contributed by atoms with Crippen molar-refractivity contribution in [2.24, 2.45) is 16.8 Å². The van der Waals surface area contributed by atoms with Gasteiger partial charge >= 0.3 is 0 Å². The van der Waals surface area contributed by atoms with Crippen molar-refractivity contribution < 1.29 is 14.2 Å². The molecule has 0 amide bonds. The van der Waals surface area contributed by atoms with Gasteiger partial charge in [-0.15, -0.1) is 0 Å². The van der Waals surface area contributed by atoms with Crippen LogP contribution in [0.2, 0.25) is 5.02 Å². The van der Waals surface area contributed by atoms with E-state index in [2.05, 4.69) is 15.2 Å². The van der Waals surface area contributed by atoms with Crippen molar-refractivity contribution in [2.75, 3.05) is 33.4 Å². The molecule has 2 bridgehead atoms. The fourth-order valence-electron chi connectivity index (χ4n) is 5.03. The summed E-state index contributed by atoms with van der Waals surface area (Å²) in [5.74, 6) is 3.66. The van der Waals surface area contributed by atoms with Crippen LogP contribution in [0.3, 0.4) is 0 Å². The number of guanidine groups is 1. The second kappa shape index (κ2) is 7.06. The van der Waals surface area contributed by atoms with Gasteiger partial charge in [0.1, 0.15) is 0 Å². The molecule has 146 valence electrons. The predicted molar refractivity (Wildman–Crippen MR) is 104 cm³/mol. The van der Waals surface area contributed by atoms with Crippen molar-refractivity contribution >= 4 is 17.6 Å². The van der Waals surface area contributed by atoms with Crippen LogP contribution in [0.5, 0.6) is 11.5 Å². The maximum Gasteiger partial charge on any atom is 0.193 e. The van der Waals surface area contributed by atoms with Crippen LogP contribution in [0, 0.1) is 11.8 Å². The zero-order valence-electron chi connectivity index (χ0n) is 15.6. The highest BCUT2D eigenvalue weighted by atomic mass is 35.5. The predicted octanol–water partition coefficient (Wildman–Crippen LogP) is 2.69. The molecule has 0 saturated carbocycles. The zero-order chi connectivity index (χ0) is 18.4. The van der Waals surface area contributed by atoms with Crippen LogP contribution in [0.4, 0.5) is 0 Å². The number of nitrogens with zero attached hydrogens (tertiary/aromatic N) is 2. The van der Waals surface area contributed by atoms with Gasteiger partial charge in [-0.3, -0.25) is 4.99 Å². The molecule has 3 fully saturated rings. The average molecular weight is 392 g/mol. The fourth-order valence-corrected chi connectivity index (χ4v) is 5.32. The number of benzene rings is 1. The smallest absolute Gasteiger partial charge is 0.193 e. The monoisotopic (exact) mass is 391 g/mol. The van der Waals surface area contributed by atoms with E-state index in [4.69, 9.17) is 25.8 Å². The topological polar surface area (TPSA) is 55.3 Å². The minimum absolute atomic E-state index is 0.462. The van der Waals surface area contributed by atoms with E-state index in [0.717, 1.165) is 36.8 Å². The number of fused-ring (bicyclic) bond motifs is 6. The molecule has 6 nitrogen and oxygen atoms in total. The van der Waals surface area contributed by atoms with Crippen LogP contribution in [-0.4, -0.2) is 56.4 Å².